The number of unbranched alkanes of at least 4 members (excludes halogenated alkanes) is 18. The maximum absolute atomic E-state index is 13.0. The molecular formula is C47H84O16P2. The summed E-state index contributed by atoms with van der Waals surface area (Å²) in [5.41, 5.74) is 0. The van der Waals surface area contributed by atoms with Crippen molar-refractivity contribution in [2.24, 2.45) is 0 Å². The van der Waals surface area contributed by atoms with Gasteiger partial charge in [-0.2, -0.15) is 0 Å². The lowest BCUT2D eigenvalue weighted by molar-refractivity contribution is -0.216. The van der Waals surface area contributed by atoms with Crippen LogP contribution in [0.15, 0.2) is 48.6 Å². The summed E-state index contributed by atoms with van der Waals surface area (Å²) in [6, 6.07) is 0. The Balaban J connectivity index is 2.61. The van der Waals surface area contributed by atoms with Crippen molar-refractivity contribution in [1.82, 2.24) is 0 Å². The van der Waals surface area contributed by atoms with Crippen molar-refractivity contribution >= 4 is 27.6 Å². The van der Waals surface area contributed by atoms with Crippen LogP contribution in [-0.4, -0.2) is 103 Å². The lowest BCUT2D eigenvalue weighted by Gasteiger charge is -2.43. The van der Waals surface area contributed by atoms with Gasteiger partial charge < -0.3 is 44.6 Å². The number of rotatable bonds is 40. The number of phosphoric ester groups is 2. The molecule has 1 aliphatic carbocycles. The summed E-state index contributed by atoms with van der Waals surface area (Å²) >= 11 is 0. The molecule has 18 heteroatoms. The third-order valence-electron chi connectivity index (χ3n) is 10.9. The Morgan fingerprint density at radius 2 is 0.892 bits per heavy atom. The minimum Gasteiger partial charge on any atom is -0.462 e. The lowest BCUT2D eigenvalue weighted by Crippen LogP contribution is -2.64. The summed E-state index contributed by atoms with van der Waals surface area (Å²) in [5, 5.41) is 41.2. The van der Waals surface area contributed by atoms with E-state index in [4.69, 9.17) is 18.5 Å². The zero-order valence-electron chi connectivity index (χ0n) is 39.2. The normalized spacial score (nSPS) is 22.0. The standard InChI is InChI=1S/C47H84O16P2/c1-3-5-7-9-11-13-15-17-19-20-22-24-26-28-30-32-34-36-41(49)61-39(37-59-40(48)35-33-31-29-27-25-23-21-18-16-14-12-10-8-6-4-2)38-60-65(57,58)63-47-44(52)42(50)43(51)46(45(47)53)62-64(54,55)56/h11,13,17-19,21-22,24,39,42-47,50-53H,3-10,12,14-16,20,23,25-38H2,1-2H3,(H,57,58)(H2,54,55,56)/t39-,42?,43?,44?,45?,46-,47+/m1/s1. The molecule has 0 aromatic rings. The van der Waals surface area contributed by atoms with Crippen molar-refractivity contribution in [3.8, 4) is 0 Å². The van der Waals surface area contributed by atoms with E-state index in [0.717, 1.165) is 83.5 Å². The fourth-order valence-electron chi connectivity index (χ4n) is 7.09. The molecule has 0 aromatic heterocycles. The smallest absolute Gasteiger partial charge is 0.462 e. The topological polar surface area (TPSA) is 256 Å². The molecule has 0 heterocycles. The highest BCUT2D eigenvalue weighted by atomic mass is 31.2. The number of esters is 2. The van der Waals surface area contributed by atoms with Crippen LogP contribution in [0, 0.1) is 0 Å². The number of hydrogen-bond acceptors (Lipinski definition) is 13. The Morgan fingerprint density at radius 1 is 0.492 bits per heavy atom. The van der Waals surface area contributed by atoms with Crippen molar-refractivity contribution < 1.29 is 76.9 Å². The molecule has 0 aromatic carbocycles. The number of carbonyl (C=O) groups is 2. The predicted octanol–water partition coefficient (Wildman–Crippen LogP) is 9.29. The van der Waals surface area contributed by atoms with Crippen LogP contribution < -0.4 is 0 Å². The average Bonchev–Trinajstić information content (AvgIpc) is 3.26. The van der Waals surface area contributed by atoms with Gasteiger partial charge in [-0.15, -0.1) is 0 Å². The van der Waals surface area contributed by atoms with Crippen LogP contribution in [0.25, 0.3) is 0 Å². The van der Waals surface area contributed by atoms with Gasteiger partial charge in [0, 0.05) is 12.8 Å². The first-order valence-corrected chi connectivity index (χ1v) is 27.2. The van der Waals surface area contributed by atoms with Crippen LogP contribution in [0.1, 0.15) is 181 Å². The van der Waals surface area contributed by atoms with E-state index >= 15 is 0 Å². The van der Waals surface area contributed by atoms with Gasteiger partial charge in [0.1, 0.15) is 43.2 Å². The molecule has 1 aliphatic rings. The molecule has 0 amide bonds. The largest absolute Gasteiger partial charge is 0.472 e. The molecule has 7 N–H and O–H groups in total. The Kier molecular flexibility index (Phi) is 35.5. The molecule has 0 spiro atoms. The van der Waals surface area contributed by atoms with E-state index < -0.39 is 83.5 Å². The van der Waals surface area contributed by atoms with Crippen LogP contribution >= 0.6 is 15.6 Å². The number of aliphatic hydroxyl groups is 4. The second-order valence-corrected chi connectivity index (χ2v) is 19.4. The third kappa shape index (κ3) is 32.4. The SMILES string of the molecule is CCCCCC=CCC=CCC=CCCCCCCC(=O)O[C@H](COC(=O)CCCCCCCC=CCCCCCCCC)COP(=O)(O)O[C@H]1C(O)C(O)C(O)[C@@H](OP(=O)(O)O)C1O. The highest BCUT2D eigenvalue weighted by Crippen LogP contribution is 2.49. The second kappa shape index (κ2) is 37.9. The summed E-state index contributed by atoms with van der Waals surface area (Å²) in [4.78, 5) is 54.3. The van der Waals surface area contributed by atoms with Gasteiger partial charge in [0.15, 0.2) is 6.10 Å². The van der Waals surface area contributed by atoms with E-state index in [1.165, 1.54) is 57.8 Å². The molecule has 378 valence electrons. The summed E-state index contributed by atoms with van der Waals surface area (Å²) in [7, 11) is -10.7. The molecule has 1 saturated carbocycles. The van der Waals surface area contributed by atoms with E-state index in [1.54, 1.807) is 0 Å². The minimum atomic E-state index is -5.37. The van der Waals surface area contributed by atoms with Gasteiger partial charge >= 0.3 is 27.6 Å². The monoisotopic (exact) mass is 967 g/mol. The number of phosphoric acid groups is 2. The fraction of sp³-hybridized carbons (Fsp3) is 0.787. The second-order valence-electron chi connectivity index (χ2n) is 16.8. The van der Waals surface area contributed by atoms with Crippen molar-refractivity contribution in [2.45, 2.75) is 224 Å². The van der Waals surface area contributed by atoms with Gasteiger partial charge in [-0.25, -0.2) is 9.13 Å². The van der Waals surface area contributed by atoms with Gasteiger partial charge in [-0.05, 0) is 77.0 Å². The van der Waals surface area contributed by atoms with Gasteiger partial charge in [-0.1, -0.05) is 140 Å². The Bertz CT molecular complexity index is 1450. The summed E-state index contributed by atoms with van der Waals surface area (Å²) in [5.74, 6) is -1.24. The van der Waals surface area contributed by atoms with Gasteiger partial charge in [0.05, 0.1) is 6.61 Å². The van der Waals surface area contributed by atoms with Crippen molar-refractivity contribution in [2.75, 3.05) is 13.2 Å². The zero-order chi connectivity index (χ0) is 48.2. The van der Waals surface area contributed by atoms with Crippen LogP contribution in [0.2, 0.25) is 0 Å². The average molecular weight is 967 g/mol. The van der Waals surface area contributed by atoms with E-state index in [9.17, 15) is 53.8 Å². The first kappa shape index (κ1) is 61.0. The highest BCUT2D eigenvalue weighted by Gasteiger charge is 2.54. The molecule has 0 bridgehead atoms. The molecule has 8 atom stereocenters. The van der Waals surface area contributed by atoms with E-state index in [2.05, 4.69) is 67.0 Å². The first-order valence-electron chi connectivity index (χ1n) is 24.2. The number of hydrogen-bond donors (Lipinski definition) is 7. The van der Waals surface area contributed by atoms with E-state index in [-0.39, 0.29) is 12.8 Å². The maximum atomic E-state index is 13.0. The molecule has 16 nitrogen and oxygen atoms in total. The first-order chi connectivity index (χ1) is 31.1. The van der Waals surface area contributed by atoms with Crippen LogP contribution in [-0.2, 0) is 41.8 Å². The van der Waals surface area contributed by atoms with Crippen LogP contribution in [0.5, 0.6) is 0 Å². The number of allylic oxidation sites excluding steroid dienone is 8. The molecule has 1 fully saturated rings. The van der Waals surface area contributed by atoms with Gasteiger partial charge in [0.2, 0.25) is 0 Å². The van der Waals surface area contributed by atoms with E-state index in [1.807, 2.05) is 0 Å². The molecule has 0 saturated heterocycles. The minimum absolute atomic E-state index is 0.0158. The van der Waals surface area contributed by atoms with E-state index in [0.29, 0.717) is 12.8 Å². The molecule has 0 radical (unpaired) electrons. The van der Waals surface area contributed by atoms with Crippen LogP contribution in [0.4, 0.5) is 0 Å². The Labute approximate surface area is 388 Å². The molecule has 65 heavy (non-hydrogen) atoms. The van der Waals surface area contributed by atoms with Gasteiger partial charge in [-0.3, -0.25) is 23.2 Å². The predicted molar refractivity (Wildman–Crippen MR) is 250 cm³/mol. The van der Waals surface area contributed by atoms with Crippen molar-refractivity contribution in [1.29, 1.82) is 0 Å². The Hall–Kier alpha value is -2.04. The van der Waals surface area contributed by atoms with Crippen molar-refractivity contribution in [3.05, 3.63) is 48.6 Å². The van der Waals surface area contributed by atoms with Crippen molar-refractivity contribution in [3.63, 3.8) is 0 Å². The summed E-state index contributed by atoms with van der Waals surface area (Å²) < 4.78 is 49.4. The molecular weight excluding hydrogens is 882 g/mol. The van der Waals surface area contributed by atoms with Gasteiger partial charge in [0.25, 0.3) is 0 Å². The Morgan fingerprint density at radius 3 is 1.40 bits per heavy atom. The third-order valence-corrected chi connectivity index (χ3v) is 12.4. The summed E-state index contributed by atoms with van der Waals surface area (Å²) in [6.07, 6.45) is 27.8. The zero-order valence-corrected chi connectivity index (χ0v) is 40.9. The highest BCUT2D eigenvalue weighted by molar-refractivity contribution is 7.47. The molecule has 1 rings (SSSR count). The maximum Gasteiger partial charge on any atom is 0.472 e. The fourth-order valence-corrected chi connectivity index (χ4v) is 8.62. The summed E-state index contributed by atoms with van der Waals surface area (Å²) in [6.45, 7) is 3.05. The number of carbonyl (C=O) groups excluding carboxylic acids is 2. The number of aliphatic hydroxyl groups excluding tert-OH is 4. The van der Waals surface area contributed by atoms with Crippen LogP contribution in [0.3, 0.4) is 0 Å². The quantitative estimate of drug-likeness (QED) is 0.0131. The lowest BCUT2D eigenvalue weighted by atomic mass is 9.85. The number of ether oxygens (including phenoxy) is 2. The molecule has 0 aliphatic heterocycles. The molecule has 5 unspecified atom stereocenters.